The molecule has 0 aromatic heterocycles. The van der Waals surface area contributed by atoms with Crippen molar-refractivity contribution in [2.75, 3.05) is 4.90 Å². The van der Waals surface area contributed by atoms with Crippen molar-refractivity contribution in [1.29, 1.82) is 5.26 Å². The van der Waals surface area contributed by atoms with Crippen molar-refractivity contribution in [3.05, 3.63) is 115 Å². The minimum Gasteiger partial charge on any atom is -0.384 e. The number of hydrogen-bond acceptors (Lipinski definition) is 5. The van der Waals surface area contributed by atoms with Crippen LogP contribution in [0.15, 0.2) is 82.2 Å². The molecule has 2 aliphatic rings. The highest BCUT2D eigenvalue weighted by Gasteiger charge is 2.45. The SMILES string of the molecule is Cc1cc(CSc2ccc(Cl)cc2)c(C)c(C2C(C#N)=C(N)N(c3cccc(Cl)c3C)C3=C2C(=O)CC(C)(C)C3)c1. The summed E-state index contributed by atoms with van der Waals surface area (Å²) in [6.07, 6.45) is 1.06. The van der Waals surface area contributed by atoms with Crippen molar-refractivity contribution in [3.63, 3.8) is 0 Å². The molecule has 2 N–H and O–H groups in total. The van der Waals surface area contributed by atoms with Crippen LogP contribution in [0.25, 0.3) is 0 Å². The van der Waals surface area contributed by atoms with Gasteiger partial charge in [0.15, 0.2) is 5.78 Å². The van der Waals surface area contributed by atoms with Crippen molar-refractivity contribution < 1.29 is 4.79 Å². The Kier molecular flexibility index (Phi) is 8.05. The Morgan fingerprint density at radius 1 is 1.05 bits per heavy atom. The number of rotatable bonds is 5. The standard InChI is InChI=1S/C34H33Cl2N3OS/c1-19-13-22(18-41-24-11-9-23(35)10-12-24)20(2)25(14-19)31-26(17-37)33(38)39(28-8-6-7-27(36)21(28)3)29-15-34(4,5)16-30(40)32(29)31/h6-14,31H,15-16,18,38H2,1-5H3. The Hall–Kier alpha value is -3.17. The fourth-order valence-electron chi connectivity index (χ4n) is 6.04. The number of thioether (sulfide) groups is 1. The van der Waals surface area contributed by atoms with Gasteiger partial charge in [-0.15, -0.1) is 11.8 Å². The predicted octanol–water partition coefficient (Wildman–Crippen LogP) is 9.15. The summed E-state index contributed by atoms with van der Waals surface area (Å²) in [5.41, 5.74) is 14.5. The van der Waals surface area contributed by atoms with Crippen molar-refractivity contribution in [2.45, 2.75) is 64.0 Å². The number of ketones is 1. The van der Waals surface area contributed by atoms with E-state index in [2.05, 4.69) is 45.9 Å². The van der Waals surface area contributed by atoms with E-state index in [4.69, 9.17) is 28.9 Å². The molecule has 210 valence electrons. The predicted molar refractivity (Wildman–Crippen MR) is 170 cm³/mol. The molecule has 0 amide bonds. The van der Waals surface area contributed by atoms with Crippen LogP contribution in [0.3, 0.4) is 0 Å². The fraction of sp³-hybridized carbons (Fsp3) is 0.294. The van der Waals surface area contributed by atoms with E-state index in [0.717, 1.165) is 49.9 Å². The lowest BCUT2D eigenvalue weighted by Gasteiger charge is -2.44. The summed E-state index contributed by atoms with van der Waals surface area (Å²) < 4.78 is 0. The minimum absolute atomic E-state index is 0.0594. The number of aryl methyl sites for hydroxylation is 1. The third-order valence-electron chi connectivity index (χ3n) is 8.08. The molecule has 0 saturated carbocycles. The van der Waals surface area contributed by atoms with Gasteiger partial charge in [0.1, 0.15) is 5.82 Å². The molecule has 0 radical (unpaired) electrons. The summed E-state index contributed by atoms with van der Waals surface area (Å²) in [5.74, 6) is 0.624. The Morgan fingerprint density at radius 3 is 2.44 bits per heavy atom. The first-order chi connectivity index (χ1) is 19.4. The maximum atomic E-state index is 14.0. The number of Topliss-reactive ketones (excluding diaryl/α,β-unsaturated/α-hetero) is 1. The second-order valence-electron chi connectivity index (χ2n) is 11.7. The third-order valence-corrected chi connectivity index (χ3v) is 9.80. The summed E-state index contributed by atoms with van der Waals surface area (Å²) in [6, 6.07) is 20.2. The van der Waals surface area contributed by atoms with E-state index in [1.54, 1.807) is 11.8 Å². The molecule has 1 aliphatic heterocycles. The smallest absolute Gasteiger partial charge is 0.162 e. The van der Waals surface area contributed by atoms with E-state index in [0.29, 0.717) is 39.9 Å². The number of hydrogen-bond donors (Lipinski definition) is 1. The van der Waals surface area contributed by atoms with E-state index in [-0.39, 0.29) is 11.2 Å². The lowest BCUT2D eigenvalue weighted by Crippen LogP contribution is -2.42. The Labute approximate surface area is 256 Å². The topological polar surface area (TPSA) is 70.1 Å². The van der Waals surface area contributed by atoms with Crippen LogP contribution in [0.1, 0.15) is 60.4 Å². The van der Waals surface area contributed by atoms with Crippen LogP contribution in [0.2, 0.25) is 10.0 Å². The van der Waals surface area contributed by atoms with Gasteiger partial charge in [0.05, 0.1) is 23.2 Å². The highest BCUT2D eigenvalue weighted by molar-refractivity contribution is 7.98. The quantitative estimate of drug-likeness (QED) is 0.295. The number of halogens is 2. The summed E-state index contributed by atoms with van der Waals surface area (Å²) >= 11 is 14.3. The molecular weight excluding hydrogens is 569 g/mol. The van der Waals surface area contributed by atoms with E-state index < -0.39 is 5.92 Å². The van der Waals surface area contributed by atoms with Crippen molar-refractivity contribution >= 4 is 46.4 Å². The van der Waals surface area contributed by atoms with Gasteiger partial charge in [-0.2, -0.15) is 5.26 Å². The zero-order valence-corrected chi connectivity index (χ0v) is 26.3. The molecule has 3 aromatic rings. The number of carbonyl (C=O) groups is 1. The first-order valence-corrected chi connectivity index (χ1v) is 15.4. The highest BCUT2D eigenvalue weighted by atomic mass is 35.5. The average molecular weight is 603 g/mol. The van der Waals surface area contributed by atoms with E-state index in [1.165, 1.54) is 0 Å². The van der Waals surface area contributed by atoms with Gasteiger partial charge >= 0.3 is 0 Å². The van der Waals surface area contributed by atoms with Crippen molar-refractivity contribution in [2.24, 2.45) is 11.1 Å². The number of carbonyl (C=O) groups excluding carboxylic acids is 1. The summed E-state index contributed by atoms with van der Waals surface area (Å²) in [6.45, 7) is 10.3. The number of benzene rings is 3. The van der Waals surface area contributed by atoms with Crippen LogP contribution in [-0.2, 0) is 10.5 Å². The zero-order chi connectivity index (χ0) is 29.6. The molecule has 5 rings (SSSR count). The fourth-order valence-corrected chi connectivity index (χ4v) is 7.28. The molecule has 1 aliphatic carbocycles. The summed E-state index contributed by atoms with van der Waals surface area (Å²) in [7, 11) is 0. The van der Waals surface area contributed by atoms with Crippen LogP contribution in [-0.4, -0.2) is 5.78 Å². The highest BCUT2D eigenvalue weighted by Crippen LogP contribution is 2.51. The van der Waals surface area contributed by atoms with Crippen molar-refractivity contribution in [3.8, 4) is 6.07 Å². The van der Waals surface area contributed by atoms with Gasteiger partial charge < -0.3 is 5.73 Å². The van der Waals surface area contributed by atoms with Crippen LogP contribution in [0.5, 0.6) is 0 Å². The molecule has 1 atom stereocenters. The lowest BCUT2D eigenvalue weighted by atomic mass is 9.68. The maximum absolute atomic E-state index is 14.0. The molecule has 0 bridgehead atoms. The monoisotopic (exact) mass is 601 g/mol. The Bertz CT molecular complexity index is 1660. The van der Waals surface area contributed by atoms with Crippen LogP contribution < -0.4 is 10.6 Å². The van der Waals surface area contributed by atoms with Gasteiger partial charge in [0.2, 0.25) is 0 Å². The molecule has 3 aromatic carbocycles. The third kappa shape index (κ3) is 5.54. The van der Waals surface area contributed by atoms with E-state index >= 15 is 0 Å². The Morgan fingerprint density at radius 2 is 1.76 bits per heavy atom. The van der Waals surface area contributed by atoms with Gasteiger partial charge in [0, 0.05) is 38.4 Å². The van der Waals surface area contributed by atoms with Gasteiger partial charge in [-0.25, -0.2) is 0 Å². The molecule has 0 fully saturated rings. The number of nitriles is 1. The van der Waals surface area contributed by atoms with E-state index in [9.17, 15) is 10.1 Å². The molecule has 0 spiro atoms. The van der Waals surface area contributed by atoms with Gasteiger partial charge in [-0.3, -0.25) is 9.69 Å². The zero-order valence-electron chi connectivity index (χ0n) is 23.9. The molecule has 41 heavy (non-hydrogen) atoms. The normalized spacial score (nSPS) is 18.4. The second kappa shape index (κ2) is 11.2. The van der Waals surface area contributed by atoms with Gasteiger partial charge in [-0.1, -0.05) is 60.8 Å². The number of nitrogens with zero attached hydrogens (tertiary/aromatic N) is 2. The number of allylic oxidation sites excluding steroid dienone is 3. The maximum Gasteiger partial charge on any atom is 0.162 e. The lowest BCUT2D eigenvalue weighted by molar-refractivity contribution is -0.118. The molecule has 1 unspecified atom stereocenters. The average Bonchev–Trinajstić information content (AvgIpc) is 2.90. The number of anilines is 1. The summed E-state index contributed by atoms with van der Waals surface area (Å²) in [4.78, 5) is 17.1. The summed E-state index contributed by atoms with van der Waals surface area (Å²) in [5, 5.41) is 11.9. The second-order valence-corrected chi connectivity index (χ2v) is 13.6. The minimum atomic E-state index is -0.534. The van der Waals surface area contributed by atoms with Crippen LogP contribution in [0, 0.1) is 37.5 Å². The molecule has 7 heteroatoms. The molecule has 4 nitrogen and oxygen atoms in total. The van der Waals surface area contributed by atoms with E-state index in [1.807, 2.05) is 54.3 Å². The molecule has 1 heterocycles. The van der Waals surface area contributed by atoms with Crippen LogP contribution in [0.4, 0.5) is 5.69 Å². The van der Waals surface area contributed by atoms with Crippen LogP contribution >= 0.6 is 35.0 Å². The molecular formula is C34H33Cl2N3OS. The van der Waals surface area contributed by atoms with Gasteiger partial charge in [0.25, 0.3) is 0 Å². The first kappa shape index (κ1) is 29.3. The van der Waals surface area contributed by atoms with Crippen molar-refractivity contribution in [1.82, 2.24) is 0 Å². The number of nitrogens with two attached hydrogens (primary N) is 1. The largest absolute Gasteiger partial charge is 0.384 e. The Balaban J connectivity index is 1.69. The van der Waals surface area contributed by atoms with Gasteiger partial charge in [-0.05, 0) is 91.3 Å². The first-order valence-electron chi connectivity index (χ1n) is 13.6. The molecule has 0 saturated heterocycles.